The molecule has 5 unspecified atom stereocenters. The fraction of sp³-hybridized carbons (Fsp3) is 0.652. The van der Waals surface area contributed by atoms with E-state index >= 15 is 0 Å². The molecule has 0 bridgehead atoms. The van der Waals surface area contributed by atoms with Crippen molar-refractivity contribution in [3.05, 3.63) is 18.2 Å². The first-order chi connectivity index (χ1) is 16.8. The summed E-state index contributed by atoms with van der Waals surface area (Å²) in [4.78, 5) is 67.8. The summed E-state index contributed by atoms with van der Waals surface area (Å²) in [5, 5.41) is 25.8. The highest BCUT2D eigenvalue weighted by Crippen LogP contribution is 2.12. The lowest BCUT2D eigenvalue weighted by Gasteiger charge is -2.28. The number of carbonyl (C=O) groups excluding carboxylic acids is 3. The molecule has 0 aliphatic heterocycles. The van der Waals surface area contributed by atoms with E-state index in [-0.39, 0.29) is 31.1 Å². The lowest BCUT2D eigenvalue weighted by molar-refractivity contribution is -0.143. The Morgan fingerprint density at radius 3 is 2.14 bits per heavy atom. The first-order valence-electron chi connectivity index (χ1n) is 11.9. The van der Waals surface area contributed by atoms with Gasteiger partial charge in [-0.1, -0.05) is 34.1 Å². The number of amides is 3. The topological polar surface area (TPSA) is 217 Å². The van der Waals surface area contributed by atoms with Crippen LogP contribution in [0.2, 0.25) is 0 Å². The summed E-state index contributed by atoms with van der Waals surface area (Å²) in [7, 11) is 0. The Bertz CT molecular complexity index is 890. The largest absolute Gasteiger partial charge is 0.481 e. The molecule has 0 aliphatic carbocycles. The minimum absolute atomic E-state index is 0.0391. The van der Waals surface area contributed by atoms with Gasteiger partial charge in [0.15, 0.2) is 0 Å². The fourth-order valence-electron chi connectivity index (χ4n) is 3.45. The van der Waals surface area contributed by atoms with E-state index in [1.54, 1.807) is 13.1 Å². The van der Waals surface area contributed by atoms with Gasteiger partial charge in [0, 0.05) is 24.7 Å². The molecule has 8 N–H and O–H groups in total. The molecule has 36 heavy (non-hydrogen) atoms. The highest BCUT2D eigenvalue weighted by molar-refractivity contribution is 5.94. The second kappa shape index (κ2) is 14.8. The summed E-state index contributed by atoms with van der Waals surface area (Å²) in [6.07, 6.45) is 3.19. The van der Waals surface area contributed by atoms with Crippen LogP contribution in [0.3, 0.4) is 0 Å². The van der Waals surface area contributed by atoms with Gasteiger partial charge in [0.25, 0.3) is 0 Å². The molecule has 0 fully saturated rings. The van der Waals surface area contributed by atoms with Crippen molar-refractivity contribution in [3.63, 3.8) is 0 Å². The van der Waals surface area contributed by atoms with Gasteiger partial charge in [-0.15, -0.1) is 0 Å². The monoisotopic (exact) mass is 510 g/mol. The molecule has 1 heterocycles. The maximum absolute atomic E-state index is 13.2. The minimum Gasteiger partial charge on any atom is -0.481 e. The van der Waals surface area contributed by atoms with Crippen LogP contribution in [0.25, 0.3) is 0 Å². The van der Waals surface area contributed by atoms with Crippen molar-refractivity contribution in [1.82, 2.24) is 25.9 Å². The van der Waals surface area contributed by atoms with E-state index in [4.69, 9.17) is 10.8 Å². The normalized spacial score (nSPS) is 15.3. The van der Waals surface area contributed by atoms with Gasteiger partial charge in [0.05, 0.1) is 12.4 Å². The number of hydrogen-bond acceptors (Lipinski definition) is 7. The van der Waals surface area contributed by atoms with Crippen molar-refractivity contribution in [2.75, 3.05) is 0 Å². The number of rotatable bonds is 16. The fourth-order valence-corrected chi connectivity index (χ4v) is 3.45. The van der Waals surface area contributed by atoms with E-state index in [0.717, 1.165) is 0 Å². The highest BCUT2D eigenvalue weighted by atomic mass is 16.4. The average Bonchev–Trinajstić information content (AvgIpc) is 3.31. The number of aromatic nitrogens is 2. The predicted octanol–water partition coefficient (Wildman–Crippen LogP) is -0.224. The molecule has 13 nitrogen and oxygen atoms in total. The molecule has 0 aliphatic rings. The Balaban J connectivity index is 2.96. The van der Waals surface area contributed by atoms with Crippen LogP contribution >= 0.6 is 0 Å². The molecule has 5 atom stereocenters. The zero-order valence-corrected chi connectivity index (χ0v) is 21.1. The van der Waals surface area contributed by atoms with Gasteiger partial charge >= 0.3 is 11.9 Å². The number of nitrogens with zero attached hydrogens (tertiary/aromatic N) is 1. The Morgan fingerprint density at radius 2 is 1.64 bits per heavy atom. The molecule has 13 heteroatoms. The number of carboxylic acids is 2. The van der Waals surface area contributed by atoms with Crippen LogP contribution in [-0.4, -0.2) is 74.0 Å². The lowest BCUT2D eigenvalue weighted by atomic mass is 9.96. The number of imidazole rings is 1. The minimum atomic E-state index is -1.43. The molecular weight excluding hydrogens is 472 g/mol. The number of hydrogen-bond donors (Lipinski definition) is 7. The number of H-pyrrole nitrogens is 1. The van der Waals surface area contributed by atoms with Gasteiger partial charge in [-0.3, -0.25) is 19.2 Å². The molecule has 0 saturated heterocycles. The van der Waals surface area contributed by atoms with Crippen LogP contribution in [0.1, 0.15) is 59.1 Å². The molecule has 1 rings (SSSR count). The number of carbonyl (C=O) groups is 5. The van der Waals surface area contributed by atoms with Gasteiger partial charge in [-0.05, 0) is 24.7 Å². The van der Waals surface area contributed by atoms with E-state index in [1.165, 1.54) is 6.33 Å². The SMILES string of the molecule is CCC(C)C(NC(=O)C(N)Cc1cnc[nH]1)C(=O)NC(CC(C)C)C(=O)NC(CCC(=O)O)C(=O)O. The summed E-state index contributed by atoms with van der Waals surface area (Å²) in [6, 6.07) is -4.44. The molecule has 0 aromatic carbocycles. The number of aromatic amines is 1. The van der Waals surface area contributed by atoms with Crippen molar-refractivity contribution in [1.29, 1.82) is 0 Å². The second-order valence-electron chi connectivity index (χ2n) is 9.28. The van der Waals surface area contributed by atoms with Crippen LogP contribution in [0.5, 0.6) is 0 Å². The summed E-state index contributed by atoms with van der Waals surface area (Å²) >= 11 is 0. The second-order valence-corrected chi connectivity index (χ2v) is 9.28. The van der Waals surface area contributed by atoms with Gasteiger partial charge in [0.2, 0.25) is 17.7 Å². The van der Waals surface area contributed by atoms with E-state index in [9.17, 15) is 29.1 Å². The third-order valence-corrected chi connectivity index (χ3v) is 5.73. The van der Waals surface area contributed by atoms with Gasteiger partial charge in [-0.2, -0.15) is 0 Å². The molecule has 0 radical (unpaired) electrons. The summed E-state index contributed by atoms with van der Waals surface area (Å²) < 4.78 is 0. The average molecular weight is 511 g/mol. The van der Waals surface area contributed by atoms with E-state index in [1.807, 2.05) is 20.8 Å². The third kappa shape index (κ3) is 10.4. The molecule has 0 saturated carbocycles. The number of aliphatic carboxylic acids is 2. The van der Waals surface area contributed by atoms with Crippen molar-refractivity contribution in [2.45, 2.75) is 84.0 Å². The summed E-state index contributed by atoms with van der Waals surface area (Å²) in [5.74, 6) is -4.81. The standard InChI is InChI=1S/C23H38N6O7/c1-5-13(4)19(29-20(32)15(24)9-14-10-25-11-26-14)22(34)28-17(8-12(2)3)21(33)27-16(23(35)36)6-7-18(30)31/h10-13,15-17,19H,5-9,24H2,1-4H3,(H,25,26)(H,27,33)(H,28,34)(H,29,32)(H,30,31)(H,35,36). The van der Waals surface area contributed by atoms with Gasteiger partial charge in [0.1, 0.15) is 18.1 Å². The molecular formula is C23H38N6O7. The quantitative estimate of drug-likeness (QED) is 0.156. The lowest BCUT2D eigenvalue weighted by Crippen LogP contribution is -2.59. The molecule has 1 aromatic rings. The third-order valence-electron chi connectivity index (χ3n) is 5.73. The van der Waals surface area contributed by atoms with Crippen molar-refractivity contribution < 1.29 is 34.2 Å². The Hall–Kier alpha value is -3.48. The zero-order chi connectivity index (χ0) is 27.4. The van der Waals surface area contributed by atoms with Crippen molar-refractivity contribution in [2.24, 2.45) is 17.6 Å². The Kier molecular flexibility index (Phi) is 12.6. The molecule has 3 amide bonds. The van der Waals surface area contributed by atoms with E-state index < -0.39 is 60.2 Å². The summed E-state index contributed by atoms with van der Waals surface area (Å²) in [6.45, 7) is 7.27. The zero-order valence-electron chi connectivity index (χ0n) is 21.1. The van der Waals surface area contributed by atoms with E-state index in [2.05, 4.69) is 25.9 Å². The number of carboxylic acid groups (broad SMARTS) is 2. The Morgan fingerprint density at radius 1 is 1.00 bits per heavy atom. The van der Waals surface area contributed by atoms with Crippen molar-refractivity contribution >= 4 is 29.7 Å². The Labute approximate surface area is 210 Å². The first kappa shape index (κ1) is 30.6. The maximum atomic E-state index is 13.2. The number of nitrogens with one attached hydrogen (secondary N) is 4. The highest BCUT2D eigenvalue weighted by Gasteiger charge is 2.33. The van der Waals surface area contributed by atoms with Crippen LogP contribution < -0.4 is 21.7 Å². The van der Waals surface area contributed by atoms with Crippen molar-refractivity contribution in [3.8, 4) is 0 Å². The first-order valence-corrected chi connectivity index (χ1v) is 11.9. The van der Waals surface area contributed by atoms with Gasteiger partial charge < -0.3 is 36.9 Å². The predicted molar refractivity (Wildman–Crippen MR) is 129 cm³/mol. The van der Waals surface area contributed by atoms with E-state index in [0.29, 0.717) is 12.1 Å². The van der Waals surface area contributed by atoms with Crippen LogP contribution in [-0.2, 0) is 30.4 Å². The molecule has 1 aromatic heterocycles. The van der Waals surface area contributed by atoms with Crippen LogP contribution in [0.4, 0.5) is 0 Å². The number of nitrogens with two attached hydrogens (primary N) is 1. The smallest absolute Gasteiger partial charge is 0.326 e. The molecule has 0 spiro atoms. The van der Waals surface area contributed by atoms with Crippen LogP contribution in [0.15, 0.2) is 12.5 Å². The molecule has 202 valence electrons. The maximum Gasteiger partial charge on any atom is 0.326 e. The van der Waals surface area contributed by atoms with Gasteiger partial charge in [-0.25, -0.2) is 9.78 Å². The van der Waals surface area contributed by atoms with Crippen LogP contribution in [0, 0.1) is 11.8 Å². The summed E-state index contributed by atoms with van der Waals surface area (Å²) in [5.41, 5.74) is 6.65.